The second kappa shape index (κ2) is 8.84. The molecule has 0 aliphatic rings. The van der Waals surface area contributed by atoms with E-state index in [1.807, 2.05) is 38.1 Å². The van der Waals surface area contributed by atoms with Gasteiger partial charge < -0.3 is 21.1 Å². The summed E-state index contributed by atoms with van der Waals surface area (Å²) in [5.41, 5.74) is 8.17. The van der Waals surface area contributed by atoms with Crippen LogP contribution >= 0.6 is 0 Å². The van der Waals surface area contributed by atoms with Crippen molar-refractivity contribution in [3.63, 3.8) is 0 Å². The Morgan fingerprint density at radius 3 is 2.28 bits per heavy atom. The molecule has 0 atom stereocenters. The summed E-state index contributed by atoms with van der Waals surface area (Å²) in [6.45, 7) is 4.90. The first-order valence-corrected chi connectivity index (χ1v) is 8.09. The Hall–Kier alpha value is -2.86. The molecule has 0 spiro atoms. The standard InChI is InChI=1S/C19H23N3O3/c1-13(2)25-12-16-6-4-3-5-15(16)11-21-18(23)14-7-9-17(10-8-14)22-19(20)24/h3-10,13H,11-12H2,1-2H3,(H,21,23)(H3,20,22,24). The lowest BCUT2D eigenvalue weighted by Crippen LogP contribution is -2.24. The van der Waals surface area contributed by atoms with Crippen molar-refractivity contribution in [2.75, 3.05) is 5.32 Å². The minimum atomic E-state index is -0.641. The molecule has 0 fully saturated rings. The number of carbonyl (C=O) groups is 2. The Bertz CT molecular complexity index is 727. The quantitative estimate of drug-likeness (QED) is 0.722. The first-order valence-electron chi connectivity index (χ1n) is 8.09. The van der Waals surface area contributed by atoms with Crippen LogP contribution in [0.2, 0.25) is 0 Å². The molecule has 2 rings (SSSR count). The van der Waals surface area contributed by atoms with Crippen molar-refractivity contribution < 1.29 is 14.3 Å². The third-order valence-corrected chi connectivity index (χ3v) is 3.54. The van der Waals surface area contributed by atoms with Gasteiger partial charge in [0.05, 0.1) is 12.7 Å². The van der Waals surface area contributed by atoms with Gasteiger partial charge in [0.1, 0.15) is 0 Å². The first kappa shape index (κ1) is 18.5. The van der Waals surface area contributed by atoms with E-state index in [1.165, 1.54) is 0 Å². The highest BCUT2D eigenvalue weighted by molar-refractivity contribution is 5.95. The largest absolute Gasteiger partial charge is 0.374 e. The Morgan fingerprint density at radius 2 is 1.68 bits per heavy atom. The van der Waals surface area contributed by atoms with Crippen LogP contribution in [0.1, 0.15) is 35.3 Å². The van der Waals surface area contributed by atoms with Gasteiger partial charge in [-0.1, -0.05) is 24.3 Å². The number of ether oxygens (including phenoxy) is 1. The van der Waals surface area contributed by atoms with E-state index in [2.05, 4.69) is 10.6 Å². The van der Waals surface area contributed by atoms with E-state index >= 15 is 0 Å². The highest BCUT2D eigenvalue weighted by Crippen LogP contribution is 2.13. The molecule has 2 aromatic carbocycles. The van der Waals surface area contributed by atoms with Crippen LogP contribution in [0.15, 0.2) is 48.5 Å². The average Bonchev–Trinajstić information content (AvgIpc) is 2.58. The van der Waals surface area contributed by atoms with Crippen molar-refractivity contribution in [3.8, 4) is 0 Å². The van der Waals surface area contributed by atoms with Crippen LogP contribution in [0, 0.1) is 0 Å². The Morgan fingerprint density at radius 1 is 1.04 bits per heavy atom. The molecule has 0 aromatic heterocycles. The van der Waals surface area contributed by atoms with E-state index < -0.39 is 6.03 Å². The molecule has 0 saturated heterocycles. The van der Waals surface area contributed by atoms with Crippen molar-refractivity contribution in [1.82, 2.24) is 5.32 Å². The van der Waals surface area contributed by atoms with E-state index in [4.69, 9.17) is 10.5 Å². The maximum atomic E-state index is 12.3. The van der Waals surface area contributed by atoms with E-state index in [0.29, 0.717) is 24.4 Å². The van der Waals surface area contributed by atoms with Gasteiger partial charge >= 0.3 is 6.03 Å². The summed E-state index contributed by atoms with van der Waals surface area (Å²) >= 11 is 0. The molecular weight excluding hydrogens is 318 g/mol. The van der Waals surface area contributed by atoms with Crippen LogP contribution in [0.25, 0.3) is 0 Å². The van der Waals surface area contributed by atoms with Crippen LogP contribution in [0.3, 0.4) is 0 Å². The summed E-state index contributed by atoms with van der Waals surface area (Å²) in [5.74, 6) is -0.190. The SMILES string of the molecule is CC(C)OCc1ccccc1CNC(=O)c1ccc(NC(N)=O)cc1. The van der Waals surface area contributed by atoms with Gasteiger partial charge in [-0.25, -0.2) is 4.79 Å². The van der Waals surface area contributed by atoms with E-state index in [0.717, 1.165) is 11.1 Å². The third-order valence-electron chi connectivity index (χ3n) is 3.54. The number of hydrogen-bond acceptors (Lipinski definition) is 3. The maximum Gasteiger partial charge on any atom is 0.316 e. The first-order chi connectivity index (χ1) is 12.0. The van der Waals surface area contributed by atoms with Gasteiger partial charge in [0.2, 0.25) is 0 Å². The van der Waals surface area contributed by atoms with Crippen LogP contribution in [0.4, 0.5) is 10.5 Å². The van der Waals surface area contributed by atoms with Crippen molar-refractivity contribution in [2.24, 2.45) is 5.73 Å². The molecule has 0 bridgehead atoms. The van der Waals surface area contributed by atoms with E-state index in [9.17, 15) is 9.59 Å². The fourth-order valence-electron chi connectivity index (χ4n) is 2.25. The zero-order valence-electron chi connectivity index (χ0n) is 14.4. The third kappa shape index (κ3) is 5.93. The minimum Gasteiger partial charge on any atom is -0.374 e. The monoisotopic (exact) mass is 341 g/mol. The lowest BCUT2D eigenvalue weighted by molar-refractivity contribution is 0.0651. The lowest BCUT2D eigenvalue weighted by Gasteiger charge is -2.13. The van der Waals surface area contributed by atoms with Gasteiger partial charge in [0.15, 0.2) is 0 Å². The number of hydrogen-bond donors (Lipinski definition) is 3. The second-order valence-corrected chi connectivity index (χ2v) is 5.88. The summed E-state index contributed by atoms with van der Waals surface area (Å²) < 4.78 is 5.65. The predicted octanol–water partition coefficient (Wildman–Crippen LogP) is 3.03. The van der Waals surface area contributed by atoms with E-state index in [-0.39, 0.29) is 12.0 Å². The molecule has 0 aliphatic carbocycles. The minimum absolute atomic E-state index is 0.148. The summed E-state index contributed by atoms with van der Waals surface area (Å²) in [6.07, 6.45) is 0.148. The molecule has 25 heavy (non-hydrogen) atoms. The molecule has 0 saturated carbocycles. The molecule has 3 amide bonds. The second-order valence-electron chi connectivity index (χ2n) is 5.88. The molecule has 2 aromatic rings. The Labute approximate surface area is 147 Å². The molecule has 0 aliphatic heterocycles. The number of benzene rings is 2. The zero-order chi connectivity index (χ0) is 18.2. The topological polar surface area (TPSA) is 93.4 Å². The number of nitrogens with one attached hydrogen (secondary N) is 2. The molecule has 4 N–H and O–H groups in total. The van der Waals surface area contributed by atoms with Crippen LogP contribution < -0.4 is 16.4 Å². The van der Waals surface area contributed by atoms with Gasteiger partial charge in [0, 0.05) is 17.8 Å². The number of urea groups is 1. The molecule has 0 heterocycles. The van der Waals surface area contributed by atoms with Crippen molar-refractivity contribution >= 4 is 17.6 Å². The van der Waals surface area contributed by atoms with Crippen LogP contribution in [-0.2, 0) is 17.9 Å². The predicted molar refractivity (Wildman–Crippen MR) is 97.2 cm³/mol. The summed E-state index contributed by atoms with van der Waals surface area (Å²) in [4.78, 5) is 23.1. The highest BCUT2D eigenvalue weighted by atomic mass is 16.5. The number of primary amides is 1. The number of nitrogens with two attached hydrogens (primary N) is 1. The lowest BCUT2D eigenvalue weighted by atomic mass is 10.1. The molecular formula is C19H23N3O3. The summed E-state index contributed by atoms with van der Waals surface area (Å²) in [7, 11) is 0. The van der Waals surface area contributed by atoms with Crippen molar-refractivity contribution in [2.45, 2.75) is 33.1 Å². The van der Waals surface area contributed by atoms with Gasteiger partial charge in [-0.05, 0) is 49.2 Å². The Kier molecular flexibility index (Phi) is 6.54. The number of carbonyl (C=O) groups excluding carboxylic acids is 2. The van der Waals surface area contributed by atoms with E-state index in [1.54, 1.807) is 24.3 Å². The average molecular weight is 341 g/mol. The normalized spacial score (nSPS) is 10.5. The van der Waals surface area contributed by atoms with Gasteiger partial charge in [0.25, 0.3) is 5.91 Å². The summed E-state index contributed by atoms with van der Waals surface area (Å²) in [6, 6.07) is 13.7. The smallest absolute Gasteiger partial charge is 0.316 e. The molecule has 6 heteroatoms. The highest BCUT2D eigenvalue weighted by Gasteiger charge is 2.08. The number of rotatable bonds is 7. The van der Waals surface area contributed by atoms with Gasteiger partial charge in [-0.15, -0.1) is 0 Å². The fourth-order valence-corrected chi connectivity index (χ4v) is 2.25. The fraction of sp³-hybridized carbons (Fsp3) is 0.263. The maximum absolute atomic E-state index is 12.3. The number of amides is 3. The van der Waals surface area contributed by atoms with Crippen LogP contribution in [-0.4, -0.2) is 18.0 Å². The van der Waals surface area contributed by atoms with Crippen molar-refractivity contribution in [3.05, 3.63) is 65.2 Å². The summed E-state index contributed by atoms with van der Waals surface area (Å²) in [5, 5.41) is 5.35. The zero-order valence-corrected chi connectivity index (χ0v) is 14.4. The van der Waals surface area contributed by atoms with Crippen LogP contribution in [0.5, 0.6) is 0 Å². The molecule has 132 valence electrons. The molecule has 0 radical (unpaired) electrons. The van der Waals surface area contributed by atoms with Crippen molar-refractivity contribution in [1.29, 1.82) is 0 Å². The van der Waals surface area contributed by atoms with Gasteiger partial charge in [-0.2, -0.15) is 0 Å². The Balaban J connectivity index is 1.96. The molecule has 0 unspecified atom stereocenters. The van der Waals surface area contributed by atoms with Gasteiger partial charge in [-0.3, -0.25) is 4.79 Å². The molecule has 6 nitrogen and oxygen atoms in total. The number of anilines is 1.